The van der Waals surface area contributed by atoms with Crippen LogP contribution in [0.4, 0.5) is 0 Å². The lowest BCUT2D eigenvalue weighted by Crippen LogP contribution is -2.25. The maximum absolute atomic E-state index is 5.40. The minimum atomic E-state index is 0.436. The molecule has 1 aliphatic rings. The van der Waals surface area contributed by atoms with Gasteiger partial charge in [-0.2, -0.15) is 0 Å². The van der Waals surface area contributed by atoms with E-state index in [0.717, 1.165) is 23.0 Å². The van der Waals surface area contributed by atoms with Crippen molar-refractivity contribution in [2.45, 2.75) is 39.2 Å². The molecule has 3 atom stereocenters. The lowest BCUT2D eigenvalue weighted by Gasteiger charge is -2.29. The van der Waals surface area contributed by atoms with Crippen molar-refractivity contribution in [1.82, 2.24) is 0 Å². The second-order valence-corrected chi connectivity index (χ2v) is 5.85. The van der Waals surface area contributed by atoms with Gasteiger partial charge in [-0.3, -0.25) is 4.99 Å². The first-order valence-electron chi connectivity index (χ1n) is 7.39. The predicted molar refractivity (Wildman–Crippen MR) is 83.1 cm³/mol. The van der Waals surface area contributed by atoms with Gasteiger partial charge in [0.2, 0.25) is 0 Å². The predicted octanol–water partition coefficient (Wildman–Crippen LogP) is 3.95. The molecule has 0 heterocycles. The minimum Gasteiger partial charge on any atom is -0.497 e. The SMILES string of the molecule is COc1ccc(C=N[C@@H]2C[C@@H](C)CC[C@@H]2C)c(OC)c1. The smallest absolute Gasteiger partial charge is 0.131 e. The number of nitrogens with zero attached hydrogens (tertiary/aromatic N) is 1. The number of ether oxygens (including phenoxy) is 2. The fourth-order valence-electron chi connectivity index (χ4n) is 2.81. The zero-order chi connectivity index (χ0) is 14.5. The van der Waals surface area contributed by atoms with Crippen molar-refractivity contribution in [3.8, 4) is 11.5 Å². The van der Waals surface area contributed by atoms with Crippen LogP contribution in [0, 0.1) is 11.8 Å². The second-order valence-electron chi connectivity index (χ2n) is 5.85. The molecule has 0 saturated heterocycles. The van der Waals surface area contributed by atoms with E-state index in [9.17, 15) is 0 Å². The summed E-state index contributed by atoms with van der Waals surface area (Å²) >= 11 is 0. The molecule has 0 N–H and O–H groups in total. The minimum absolute atomic E-state index is 0.436. The molecule has 3 heteroatoms. The topological polar surface area (TPSA) is 30.8 Å². The number of rotatable bonds is 4. The van der Waals surface area contributed by atoms with E-state index in [1.165, 1.54) is 19.3 Å². The van der Waals surface area contributed by atoms with E-state index in [2.05, 4.69) is 13.8 Å². The van der Waals surface area contributed by atoms with E-state index in [-0.39, 0.29) is 0 Å². The van der Waals surface area contributed by atoms with Gasteiger partial charge in [-0.05, 0) is 36.8 Å². The highest BCUT2D eigenvalue weighted by molar-refractivity contribution is 5.84. The van der Waals surface area contributed by atoms with Crippen molar-refractivity contribution in [3.05, 3.63) is 23.8 Å². The molecule has 1 aromatic rings. The third-order valence-corrected chi connectivity index (χ3v) is 4.26. The maximum atomic E-state index is 5.40. The van der Waals surface area contributed by atoms with Gasteiger partial charge in [0.05, 0.1) is 20.3 Å². The van der Waals surface area contributed by atoms with Crippen molar-refractivity contribution in [1.29, 1.82) is 0 Å². The molecule has 0 amide bonds. The number of benzene rings is 1. The highest BCUT2D eigenvalue weighted by atomic mass is 16.5. The van der Waals surface area contributed by atoms with Gasteiger partial charge < -0.3 is 9.47 Å². The summed E-state index contributed by atoms with van der Waals surface area (Å²) in [6.45, 7) is 4.63. The average molecular weight is 275 g/mol. The van der Waals surface area contributed by atoms with E-state index >= 15 is 0 Å². The molecule has 1 aliphatic carbocycles. The summed E-state index contributed by atoms with van der Waals surface area (Å²) in [5, 5.41) is 0. The molecule has 1 fully saturated rings. The van der Waals surface area contributed by atoms with Crippen molar-refractivity contribution in [3.63, 3.8) is 0 Å². The van der Waals surface area contributed by atoms with Crippen molar-refractivity contribution in [2.75, 3.05) is 14.2 Å². The molecule has 1 saturated carbocycles. The first-order valence-corrected chi connectivity index (χ1v) is 7.39. The van der Waals surface area contributed by atoms with E-state index in [1.54, 1.807) is 14.2 Å². The summed E-state index contributed by atoms with van der Waals surface area (Å²) in [7, 11) is 3.34. The van der Waals surface area contributed by atoms with Crippen LogP contribution in [0.3, 0.4) is 0 Å². The molecule has 1 aromatic carbocycles. The molecule has 20 heavy (non-hydrogen) atoms. The highest BCUT2D eigenvalue weighted by Gasteiger charge is 2.24. The summed E-state index contributed by atoms with van der Waals surface area (Å²) in [4.78, 5) is 4.80. The van der Waals surface area contributed by atoms with E-state index in [1.807, 2.05) is 24.4 Å². The molecule has 0 aromatic heterocycles. The molecule has 110 valence electrons. The number of hydrogen-bond acceptors (Lipinski definition) is 3. The molecule has 3 nitrogen and oxygen atoms in total. The van der Waals surface area contributed by atoms with Crippen molar-refractivity contribution >= 4 is 6.21 Å². The first-order chi connectivity index (χ1) is 9.63. The fraction of sp³-hybridized carbons (Fsp3) is 0.588. The van der Waals surface area contributed by atoms with Gasteiger partial charge >= 0.3 is 0 Å². The Morgan fingerprint density at radius 2 is 1.95 bits per heavy atom. The third kappa shape index (κ3) is 3.53. The second kappa shape index (κ2) is 6.78. The molecular formula is C17H25NO2. The van der Waals surface area contributed by atoms with Gasteiger partial charge in [-0.15, -0.1) is 0 Å². The average Bonchev–Trinajstić information content (AvgIpc) is 2.48. The molecule has 0 aliphatic heterocycles. The Morgan fingerprint density at radius 3 is 2.65 bits per heavy atom. The lowest BCUT2D eigenvalue weighted by atomic mass is 9.80. The van der Waals surface area contributed by atoms with Gasteiger partial charge in [0, 0.05) is 17.8 Å². The van der Waals surface area contributed by atoms with Gasteiger partial charge in [-0.1, -0.05) is 20.3 Å². The molecule has 0 unspecified atom stereocenters. The van der Waals surface area contributed by atoms with Gasteiger partial charge in [0.15, 0.2) is 0 Å². The first kappa shape index (κ1) is 14.9. The van der Waals surface area contributed by atoms with Crippen LogP contribution in [0.25, 0.3) is 0 Å². The van der Waals surface area contributed by atoms with Crippen molar-refractivity contribution < 1.29 is 9.47 Å². The largest absolute Gasteiger partial charge is 0.497 e. The highest BCUT2D eigenvalue weighted by Crippen LogP contribution is 2.31. The van der Waals surface area contributed by atoms with Crippen LogP contribution in [-0.4, -0.2) is 26.5 Å². The summed E-state index contributed by atoms with van der Waals surface area (Å²) in [5.41, 5.74) is 1.01. The van der Waals surface area contributed by atoms with Crippen LogP contribution in [0.15, 0.2) is 23.2 Å². The lowest BCUT2D eigenvalue weighted by molar-refractivity contribution is 0.268. The van der Waals surface area contributed by atoms with Crippen molar-refractivity contribution in [2.24, 2.45) is 16.8 Å². The van der Waals surface area contributed by atoms with Crippen LogP contribution >= 0.6 is 0 Å². The van der Waals surface area contributed by atoms with Gasteiger partial charge in [0.25, 0.3) is 0 Å². The Balaban J connectivity index is 2.14. The summed E-state index contributed by atoms with van der Waals surface area (Å²) < 4.78 is 10.6. The third-order valence-electron chi connectivity index (χ3n) is 4.26. The maximum Gasteiger partial charge on any atom is 0.131 e. The van der Waals surface area contributed by atoms with Crippen LogP contribution < -0.4 is 9.47 Å². The van der Waals surface area contributed by atoms with E-state index in [4.69, 9.17) is 14.5 Å². The van der Waals surface area contributed by atoms with Crippen LogP contribution in [0.2, 0.25) is 0 Å². The molecule has 2 rings (SSSR count). The van der Waals surface area contributed by atoms with Gasteiger partial charge in [0.1, 0.15) is 11.5 Å². The molecule has 0 radical (unpaired) electrons. The van der Waals surface area contributed by atoms with E-state index in [0.29, 0.717) is 12.0 Å². The standard InChI is InChI=1S/C17H25NO2/c1-12-5-6-13(2)16(9-12)18-11-14-7-8-15(19-3)10-17(14)20-4/h7-8,10-13,16H,5-6,9H2,1-4H3/t12-,13-,16+/m0/s1. The van der Waals surface area contributed by atoms with Crippen LogP contribution in [0.1, 0.15) is 38.7 Å². The summed E-state index contributed by atoms with van der Waals surface area (Å²) in [5.74, 6) is 3.07. The van der Waals surface area contributed by atoms with Gasteiger partial charge in [-0.25, -0.2) is 0 Å². The van der Waals surface area contributed by atoms with Crippen LogP contribution in [-0.2, 0) is 0 Å². The molecule has 0 spiro atoms. The Bertz CT molecular complexity index is 470. The zero-order valence-corrected chi connectivity index (χ0v) is 12.9. The number of aliphatic imine (C=N–C) groups is 1. The van der Waals surface area contributed by atoms with E-state index < -0.39 is 0 Å². The molecular weight excluding hydrogens is 250 g/mol. The summed E-state index contributed by atoms with van der Waals surface area (Å²) in [6.07, 6.45) is 5.76. The number of hydrogen-bond donors (Lipinski definition) is 0. The quantitative estimate of drug-likeness (QED) is 0.779. The fourth-order valence-corrected chi connectivity index (χ4v) is 2.81. The Hall–Kier alpha value is -1.51. The Morgan fingerprint density at radius 1 is 1.15 bits per heavy atom. The van der Waals surface area contributed by atoms with Crippen LogP contribution in [0.5, 0.6) is 11.5 Å². The monoisotopic (exact) mass is 275 g/mol. The number of methoxy groups -OCH3 is 2. The normalized spacial score (nSPS) is 26.7. The Kier molecular flexibility index (Phi) is 5.05. The molecule has 0 bridgehead atoms. The zero-order valence-electron chi connectivity index (χ0n) is 12.9. The summed E-state index contributed by atoms with van der Waals surface area (Å²) in [6, 6.07) is 6.27. The Labute approximate surface area is 122 Å².